The Morgan fingerprint density at radius 1 is 1.28 bits per heavy atom. The molecule has 0 bridgehead atoms. The lowest BCUT2D eigenvalue weighted by Crippen LogP contribution is -2.24. The quantitative estimate of drug-likeness (QED) is 0.858. The highest BCUT2D eigenvalue weighted by atomic mass is 16.2. The zero-order valence-corrected chi connectivity index (χ0v) is 11.4. The molecule has 0 saturated carbocycles. The lowest BCUT2D eigenvalue weighted by Gasteiger charge is -2.13. The maximum atomic E-state index is 11.6. The van der Waals surface area contributed by atoms with Crippen LogP contribution >= 0.6 is 0 Å². The number of urea groups is 1. The number of rotatable bonds is 4. The number of hydrogen-bond donors (Lipinski definition) is 2. The van der Waals surface area contributed by atoms with E-state index in [9.17, 15) is 4.79 Å². The van der Waals surface area contributed by atoms with E-state index in [2.05, 4.69) is 10.6 Å². The fourth-order valence-corrected chi connectivity index (χ4v) is 1.30. The summed E-state index contributed by atoms with van der Waals surface area (Å²) in [7, 11) is 3.96. The molecule has 2 N–H and O–H groups in total. The number of anilines is 2. The van der Waals surface area contributed by atoms with Gasteiger partial charge in [0.15, 0.2) is 0 Å². The van der Waals surface area contributed by atoms with Crippen LogP contribution in [-0.2, 0) is 0 Å². The standard InChI is InChI=1S/C14H21N3O/c1-5-11(2)10-15-14(18)16-12-6-8-13(9-7-12)17(3)4/h6-10H,5H2,1-4H3,(H2,15,16,18)/b11-10+. The summed E-state index contributed by atoms with van der Waals surface area (Å²) in [6, 6.07) is 7.46. The smallest absolute Gasteiger partial charge is 0.323 e. The minimum atomic E-state index is -0.222. The third kappa shape index (κ3) is 4.49. The van der Waals surface area contributed by atoms with Crippen LogP contribution in [0.5, 0.6) is 0 Å². The Bertz CT molecular complexity index is 421. The Kier molecular flexibility index (Phi) is 5.24. The molecule has 2 amide bonds. The van der Waals surface area contributed by atoms with Gasteiger partial charge < -0.3 is 15.5 Å². The molecule has 0 aromatic heterocycles. The van der Waals surface area contributed by atoms with Gasteiger partial charge in [-0.05, 0) is 37.6 Å². The number of nitrogens with zero attached hydrogens (tertiary/aromatic N) is 1. The summed E-state index contributed by atoms with van der Waals surface area (Å²) in [5.74, 6) is 0. The maximum absolute atomic E-state index is 11.6. The molecule has 18 heavy (non-hydrogen) atoms. The Morgan fingerprint density at radius 3 is 2.39 bits per heavy atom. The molecule has 98 valence electrons. The first-order valence-corrected chi connectivity index (χ1v) is 6.03. The van der Waals surface area contributed by atoms with E-state index in [1.54, 1.807) is 6.20 Å². The average molecular weight is 247 g/mol. The molecule has 4 nitrogen and oxygen atoms in total. The molecule has 1 aromatic carbocycles. The van der Waals surface area contributed by atoms with Crippen molar-refractivity contribution in [1.82, 2.24) is 5.32 Å². The van der Waals surface area contributed by atoms with E-state index in [1.807, 2.05) is 57.1 Å². The summed E-state index contributed by atoms with van der Waals surface area (Å²) >= 11 is 0. The number of carbonyl (C=O) groups is 1. The number of nitrogens with one attached hydrogen (secondary N) is 2. The van der Waals surface area contributed by atoms with Gasteiger partial charge in [0.05, 0.1) is 0 Å². The van der Waals surface area contributed by atoms with Crippen molar-refractivity contribution < 1.29 is 4.79 Å². The van der Waals surface area contributed by atoms with Gasteiger partial charge in [-0.1, -0.05) is 12.5 Å². The average Bonchev–Trinajstić information content (AvgIpc) is 2.36. The zero-order valence-electron chi connectivity index (χ0n) is 11.4. The van der Waals surface area contributed by atoms with Crippen LogP contribution in [0.2, 0.25) is 0 Å². The van der Waals surface area contributed by atoms with E-state index in [4.69, 9.17) is 0 Å². The Hall–Kier alpha value is -1.97. The summed E-state index contributed by atoms with van der Waals surface area (Å²) in [6.45, 7) is 4.03. The number of hydrogen-bond acceptors (Lipinski definition) is 2. The summed E-state index contributed by atoms with van der Waals surface area (Å²) in [5, 5.41) is 5.47. The van der Waals surface area contributed by atoms with Crippen LogP contribution in [0.25, 0.3) is 0 Å². The molecule has 1 aromatic rings. The zero-order chi connectivity index (χ0) is 13.5. The van der Waals surface area contributed by atoms with Crippen LogP contribution in [0.1, 0.15) is 20.3 Å². The van der Waals surface area contributed by atoms with Crippen molar-refractivity contribution in [1.29, 1.82) is 0 Å². The molecule has 0 heterocycles. The largest absolute Gasteiger partial charge is 0.378 e. The first-order valence-electron chi connectivity index (χ1n) is 6.03. The summed E-state index contributed by atoms with van der Waals surface area (Å²) < 4.78 is 0. The molecular formula is C14H21N3O. The van der Waals surface area contributed by atoms with Crippen molar-refractivity contribution in [2.75, 3.05) is 24.3 Å². The molecule has 0 aliphatic heterocycles. The minimum absolute atomic E-state index is 0.222. The molecule has 0 aliphatic carbocycles. The van der Waals surface area contributed by atoms with Gasteiger partial charge in [-0.25, -0.2) is 4.79 Å². The lowest BCUT2D eigenvalue weighted by atomic mass is 10.2. The molecule has 0 fully saturated rings. The van der Waals surface area contributed by atoms with Crippen molar-refractivity contribution in [3.05, 3.63) is 36.0 Å². The molecule has 0 saturated heterocycles. The Morgan fingerprint density at radius 2 is 1.89 bits per heavy atom. The first-order chi connectivity index (χ1) is 8.52. The topological polar surface area (TPSA) is 44.4 Å². The SMILES string of the molecule is CC/C(C)=C/NC(=O)Nc1ccc(N(C)C)cc1. The summed E-state index contributed by atoms with van der Waals surface area (Å²) in [4.78, 5) is 13.6. The maximum Gasteiger partial charge on any atom is 0.323 e. The normalized spacial score (nSPS) is 11.0. The molecule has 4 heteroatoms. The third-order valence-corrected chi connectivity index (χ3v) is 2.65. The van der Waals surface area contributed by atoms with E-state index < -0.39 is 0 Å². The molecule has 0 atom stereocenters. The van der Waals surface area contributed by atoms with Gasteiger partial charge >= 0.3 is 6.03 Å². The minimum Gasteiger partial charge on any atom is -0.378 e. The number of allylic oxidation sites excluding steroid dienone is 1. The molecule has 0 radical (unpaired) electrons. The van der Waals surface area contributed by atoms with Gasteiger partial charge in [-0.2, -0.15) is 0 Å². The van der Waals surface area contributed by atoms with Gasteiger partial charge in [0.2, 0.25) is 0 Å². The Balaban J connectivity index is 2.54. The number of amides is 2. The highest BCUT2D eigenvalue weighted by Gasteiger charge is 2.00. The van der Waals surface area contributed by atoms with E-state index in [0.29, 0.717) is 0 Å². The van der Waals surface area contributed by atoms with E-state index in [0.717, 1.165) is 23.4 Å². The first kappa shape index (κ1) is 14.1. The Labute approximate surface area is 109 Å². The molecule has 0 unspecified atom stereocenters. The van der Waals surface area contributed by atoms with Gasteiger partial charge in [0, 0.05) is 31.7 Å². The van der Waals surface area contributed by atoms with Crippen LogP contribution in [0.15, 0.2) is 36.0 Å². The summed E-state index contributed by atoms with van der Waals surface area (Å²) in [6.07, 6.45) is 2.65. The van der Waals surface area contributed by atoms with Crippen LogP contribution < -0.4 is 15.5 Å². The van der Waals surface area contributed by atoms with Crippen LogP contribution in [0.3, 0.4) is 0 Å². The van der Waals surface area contributed by atoms with E-state index in [1.165, 1.54) is 0 Å². The fourth-order valence-electron chi connectivity index (χ4n) is 1.30. The van der Waals surface area contributed by atoms with Crippen molar-refractivity contribution >= 4 is 17.4 Å². The van der Waals surface area contributed by atoms with Crippen molar-refractivity contribution in [3.8, 4) is 0 Å². The van der Waals surface area contributed by atoms with E-state index >= 15 is 0 Å². The second-order valence-corrected chi connectivity index (χ2v) is 4.38. The highest BCUT2D eigenvalue weighted by molar-refractivity contribution is 5.90. The molecule has 0 spiro atoms. The van der Waals surface area contributed by atoms with Gasteiger partial charge in [0.25, 0.3) is 0 Å². The predicted octanol–water partition coefficient (Wildman–Crippen LogP) is 3.19. The van der Waals surface area contributed by atoms with Crippen LogP contribution in [0.4, 0.5) is 16.2 Å². The second-order valence-electron chi connectivity index (χ2n) is 4.38. The molecule has 1 rings (SSSR count). The third-order valence-electron chi connectivity index (χ3n) is 2.65. The van der Waals surface area contributed by atoms with E-state index in [-0.39, 0.29) is 6.03 Å². The number of benzene rings is 1. The van der Waals surface area contributed by atoms with Crippen LogP contribution in [-0.4, -0.2) is 20.1 Å². The van der Waals surface area contributed by atoms with Crippen molar-refractivity contribution in [2.24, 2.45) is 0 Å². The predicted molar refractivity (Wildman–Crippen MR) is 77.0 cm³/mol. The van der Waals surface area contributed by atoms with Crippen LogP contribution in [0, 0.1) is 0 Å². The van der Waals surface area contributed by atoms with Gasteiger partial charge in [0.1, 0.15) is 0 Å². The monoisotopic (exact) mass is 247 g/mol. The lowest BCUT2D eigenvalue weighted by molar-refractivity contribution is 0.255. The highest BCUT2D eigenvalue weighted by Crippen LogP contribution is 2.15. The fraction of sp³-hybridized carbons (Fsp3) is 0.357. The van der Waals surface area contributed by atoms with Crippen molar-refractivity contribution in [2.45, 2.75) is 20.3 Å². The van der Waals surface area contributed by atoms with Gasteiger partial charge in [-0.3, -0.25) is 0 Å². The second kappa shape index (κ2) is 6.69. The molecular weight excluding hydrogens is 226 g/mol. The number of carbonyl (C=O) groups excluding carboxylic acids is 1. The summed E-state index contributed by atoms with van der Waals surface area (Å²) in [5.41, 5.74) is 3.01. The van der Waals surface area contributed by atoms with Crippen molar-refractivity contribution in [3.63, 3.8) is 0 Å². The molecule has 0 aliphatic rings. The van der Waals surface area contributed by atoms with Gasteiger partial charge in [-0.15, -0.1) is 0 Å².